The molecule has 0 radical (unpaired) electrons. The van der Waals surface area contributed by atoms with Gasteiger partial charge in [-0.2, -0.15) is 0 Å². The van der Waals surface area contributed by atoms with Crippen LogP contribution in [0.2, 0.25) is 0 Å². The first-order valence-corrected chi connectivity index (χ1v) is 8.89. The zero-order valence-corrected chi connectivity index (χ0v) is 15.1. The average molecular weight is 339 g/mol. The molecule has 2 aromatic heterocycles. The van der Waals surface area contributed by atoms with Crippen LogP contribution in [-0.4, -0.2) is 25.0 Å². The van der Waals surface area contributed by atoms with Crippen LogP contribution in [0.5, 0.6) is 0 Å². The maximum absolute atomic E-state index is 11.8. The van der Waals surface area contributed by atoms with Gasteiger partial charge < -0.3 is 14.5 Å². The van der Waals surface area contributed by atoms with E-state index in [9.17, 15) is 4.79 Å². The molecule has 0 atom stereocenters. The number of rotatable bonds is 7. The fraction of sp³-hybridized carbons (Fsp3) is 0.421. The molecule has 0 aliphatic carbocycles. The van der Waals surface area contributed by atoms with Crippen molar-refractivity contribution >= 4 is 22.6 Å². The minimum atomic E-state index is 0.0455. The molecule has 132 valence electrons. The first kappa shape index (κ1) is 17.2. The van der Waals surface area contributed by atoms with Gasteiger partial charge in [-0.05, 0) is 38.0 Å². The maximum atomic E-state index is 11.8. The van der Waals surface area contributed by atoms with Crippen molar-refractivity contribution in [1.82, 2.24) is 19.1 Å². The van der Waals surface area contributed by atoms with E-state index in [0.717, 1.165) is 47.8 Å². The first-order chi connectivity index (χ1) is 12.1. The number of carbonyl (C=O) groups is 1. The van der Waals surface area contributed by atoms with Gasteiger partial charge >= 0.3 is 0 Å². The fourth-order valence-electron chi connectivity index (χ4n) is 3.02. The highest BCUT2D eigenvalue weighted by Gasteiger charge is 2.13. The molecular formula is C19H25N5O. The Morgan fingerprint density at radius 1 is 1.24 bits per heavy atom. The summed E-state index contributed by atoms with van der Waals surface area (Å²) in [7, 11) is 0. The molecule has 0 aliphatic heterocycles. The highest BCUT2D eigenvalue weighted by atomic mass is 16.1. The number of aromatic nitrogens is 4. The van der Waals surface area contributed by atoms with Gasteiger partial charge in [-0.3, -0.25) is 4.79 Å². The van der Waals surface area contributed by atoms with Crippen LogP contribution in [0.3, 0.4) is 0 Å². The average Bonchev–Trinajstić information content (AvgIpc) is 3.12. The van der Waals surface area contributed by atoms with Crippen LogP contribution in [0.15, 0.2) is 30.6 Å². The van der Waals surface area contributed by atoms with Gasteiger partial charge in [0.25, 0.3) is 0 Å². The number of nitrogens with one attached hydrogen (secondary N) is 1. The van der Waals surface area contributed by atoms with Gasteiger partial charge in [-0.1, -0.05) is 13.8 Å². The summed E-state index contributed by atoms with van der Waals surface area (Å²) in [5.74, 6) is 2.03. The number of fused-ring (bicyclic) bond motifs is 1. The number of hydrogen-bond acceptors (Lipinski definition) is 3. The van der Waals surface area contributed by atoms with E-state index in [1.54, 1.807) is 0 Å². The number of nitrogens with zero attached hydrogens (tertiary/aromatic N) is 4. The van der Waals surface area contributed by atoms with Gasteiger partial charge in [-0.25, -0.2) is 9.97 Å². The van der Waals surface area contributed by atoms with Crippen LogP contribution < -0.4 is 5.32 Å². The molecule has 0 bridgehead atoms. The van der Waals surface area contributed by atoms with Crippen molar-refractivity contribution in [2.24, 2.45) is 0 Å². The number of aryl methyl sites for hydroxylation is 2. The van der Waals surface area contributed by atoms with Crippen LogP contribution >= 0.6 is 0 Å². The second kappa shape index (κ2) is 7.51. The smallest absolute Gasteiger partial charge is 0.224 e. The molecule has 1 aromatic carbocycles. The predicted octanol–water partition coefficient (Wildman–Crippen LogP) is 3.74. The van der Waals surface area contributed by atoms with Gasteiger partial charge in [0.15, 0.2) is 0 Å². The zero-order valence-electron chi connectivity index (χ0n) is 15.1. The lowest BCUT2D eigenvalue weighted by Gasteiger charge is -2.09. The van der Waals surface area contributed by atoms with Crippen molar-refractivity contribution in [3.05, 3.63) is 42.2 Å². The molecule has 0 saturated carbocycles. The normalized spacial score (nSPS) is 11.2. The van der Waals surface area contributed by atoms with Crippen molar-refractivity contribution in [3.8, 4) is 0 Å². The van der Waals surface area contributed by atoms with Crippen LogP contribution in [0.1, 0.15) is 44.8 Å². The largest absolute Gasteiger partial charge is 0.328 e. The van der Waals surface area contributed by atoms with E-state index in [-0.39, 0.29) is 5.91 Å². The number of amides is 1. The Labute approximate surface area is 147 Å². The quantitative estimate of drug-likeness (QED) is 0.713. The Bertz CT molecular complexity index is 877. The highest BCUT2D eigenvalue weighted by molar-refractivity contribution is 5.93. The molecule has 1 N–H and O–H groups in total. The third-order valence-electron chi connectivity index (χ3n) is 4.27. The molecule has 25 heavy (non-hydrogen) atoms. The monoisotopic (exact) mass is 339 g/mol. The Morgan fingerprint density at radius 2 is 2.08 bits per heavy atom. The highest BCUT2D eigenvalue weighted by Crippen LogP contribution is 2.22. The summed E-state index contributed by atoms with van der Waals surface area (Å²) in [5, 5.41) is 2.95. The molecule has 0 fully saturated rings. The Hall–Kier alpha value is -2.63. The molecule has 1 amide bonds. The SMILES string of the molecule is CCCC(=O)Nc1ccc2c(c1)nc(Cn1ccnc1C)n2CCC. The van der Waals surface area contributed by atoms with Crippen molar-refractivity contribution in [3.63, 3.8) is 0 Å². The minimum Gasteiger partial charge on any atom is -0.328 e. The Balaban J connectivity index is 1.94. The van der Waals surface area contributed by atoms with Crippen LogP contribution in [-0.2, 0) is 17.9 Å². The van der Waals surface area contributed by atoms with Gasteiger partial charge in [0.2, 0.25) is 5.91 Å². The number of carbonyl (C=O) groups excluding carboxylic acids is 1. The summed E-state index contributed by atoms with van der Waals surface area (Å²) < 4.78 is 4.35. The van der Waals surface area contributed by atoms with E-state index in [4.69, 9.17) is 4.98 Å². The van der Waals surface area contributed by atoms with Crippen molar-refractivity contribution in [2.45, 2.75) is 53.1 Å². The van der Waals surface area contributed by atoms with Crippen LogP contribution in [0, 0.1) is 6.92 Å². The van der Waals surface area contributed by atoms with Crippen LogP contribution in [0.25, 0.3) is 11.0 Å². The molecule has 3 aromatic rings. The second-order valence-corrected chi connectivity index (χ2v) is 6.28. The summed E-state index contributed by atoms with van der Waals surface area (Å²) >= 11 is 0. The predicted molar refractivity (Wildman–Crippen MR) is 99.6 cm³/mol. The van der Waals surface area contributed by atoms with Crippen molar-refractivity contribution in [1.29, 1.82) is 0 Å². The zero-order chi connectivity index (χ0) is 17.8. The van der Waals surface area contributed by atoms with E-state index in [1.165, 1.54) is 0 Å². The topological polar surface area (TPSA) is 64.7 Å². The number of benzene rings is 1. The summed E-state index contributed by atoms with van der Waals surface area (Å²) in [5.41, 5.74) is 2.82. The summed E-state index contributed by atoms with van der Waals surface area (Å²) in [6.45, 7) is 7.77. The van der Waals surface area contributed by atoms with Gasteiger partial charge in [-0.15, -0.1) is 0 Å². The molecule has 3 rings (SSSR count). The van der Waals surface area contributed by atoms with E-state index in [1.807, 2.05) is 44.4 Å². The Kier molecular flexibility index (Phi) is 5.16. The van der Waals surface area contributed by atoms with Crippen LogP contribution in [0.4, 0.5) is 5.69 Å². The van der Waals surface area contributed by atoms with E-state index in [0.29, 0.717) is 13.0 Å². The summed E-state index contributed by atoms with van der Waals surface area (Å²) in [6, 6.07) is 5.96. The lowest BCUT2D eigenvalue weighted by molar-refractivity contribution is -0.116. The van der Waals surface area contributed by atoms with E-state index >= 15 is 0 Å². The minimum absolute atomic E-state index is 0.0455. The molecular weight excluding hydrogens is 314 g/mol. The third kappa shape index (κ3) is 3.73. The second-order valence-electron chi connectivity index (χ2n) is 6.28. The van der Waals surface area contributed by atoms with E-state index < -0.39 is 0 Å². The lowest BCUT2D eigenvalue weighted by atomic mass is 10.2. The van der Waals surface area contributed by atoms with Crippen molar-refractivity contribution in [2.75, 3.05) is 5.32 Å². The standard InChI is InChI=1S/C19H25N5O/c1-4-6-19(25)21-15-7-8-17-16(12-15)22-18(24(17)10-5-2)13-23-11-9-20-14(23)3/h7-9,11-12H,4-6,10,13H2,1-3H3,(H,21,25). The maximum Gasteiger partial charge on any atom is 0.224 e. The fourth-order valence-corrected chi connectivity index (χ4v) is 3.02. The van der Waals surface area contributed by atoms with E-state index in [2.05, 4.69) is 26.4 Å². The molecule has 0 saturated heterocycles. The van der Waals surface area contributed by atoms with Crippen molar-refractivity contribution < 1.29 is 4.79 Å². The number of anilines is 1. The summed E-state index contributed by atoms with van der Waals surface area (Å²) in [6.07, 6.45) is 6.20. The molecule has 0 unspecified atom stereocenters. The number of hydrogen-bond donors (Lipinski definition) is 1. The molecule has 0 spiro atoms. The third-order valence-corrected chi connectivity index (χ3v) is 4.27. The first-order valence-electron chi connectivity index (χ1n) is 8.89. The molecule has 6 heteroatoms. The van der Waals surface area contributed by atoms with Gasteiger partial charge in [0, 0.05) is 31.0 Å². The number of imidazole rings is 2. The molecule has 2 heterocycles. The molecule has 0 aliphatic rings. The molecule has 6 nitrogen and oxygen atoms in total. The van der Waals surface area contributed by atoms with Gasteiger partial charge in [0.1, 0.15) is 11.6 Å². The van der Waals surface area contributed by atoms with Gasteiger partial charge in [0.05, 0.1) is 17.6 Å². The summed E-state index contributed by atoms with van der Waals surface area (Å²) in [4.78, 5) is 20.9. The Morgan fingerprint density at radius 3 is 2.76 bits per heavy atom. The lowest BCUT2D eigenvalue weighted by Crippen LogP contribution is -2.10.